The molecule has 0 aliphatic heterocycles. The number of rotatable bonds is 7. The van der Waals surface area contributed by atoms with Crippen molar-refractivity contribution < 1.29 is 14.3 Å². The van der Waals surface area contributed by atoms with Gasteiger partial charge in [0.1, 0.15) is 0 Å². The van der Waals surface area contributed by atoms with Crippen molar-refractivity contribution in [1.82, 2.24) is 5.32 Å². The minimum Gasteiger partial charge on any atom is -0.467 e. The van der Waals surface area contributed by atoms with Gasteiger partial charge in [0.05, 0.1) is 19.8 Å². The molecule has 0 aliphatic carbocycles. The first-order valence-corrected chi connectivity index (χ1v) is 6.92. The van der Waals surface area contributed by atoms with E-state index in [-0.39, 0.29) is 18.7 Å². The summed E-state index contributed by atoms with van der Waals surface area (Å²) in [6.07, 6.45) is 0.0658. The number of esters is 1. The second kappa shape index (κ2) is 7.41. The van der Waals surface area contributed by atoms with Crippen molar-refractivity contribution >= 4 is 5.97 Å². The van der Waals surface area contributed by atoms with Crippen LogP contribution >= 0.6 is 0 Å². The quantitative estimate of drug-likeness (QED) is 0.778. The molecule has 4 nitrogen and oxygen atoms in total. The van der Waals surface area contributed by atoms with Crippen LogP contribution in [0.25, 0.3) is 0 Å². The molecule has 0 bridgehead atoms. The van der Waals surface area contributed by atoms with Crippen LogP contribution in [0.3, 0.4) is 0 Å². The van der Waals surface area contributed by atoms with E-state index < -0.39 is 5.54 Å². The number of methoxy groups -OCH3 is 1. The zero-order chi connectivity index (χ0) is 15.2. The predicted molar refractivity (Wildman–Crippen MR) is 79.4 cm³/mol. The summed E-state index contributed by atoms with van der Waals surface area (Å²) in [5.41, 5.74) is -0.135. The van der Waals surface area contributed by atoms with Gasteiger partial charge in [0.2, 0.25) is 0 Å². The number of carbonyl (C=O) groups excluding carboxylic acids is 1. The summed E-state index contributed by atoms with van der Waals surface area (Å²) in [5.74, 6) is 0.0418. The minimum absolute atomic E-state index is 0.0658. The molecule has 0 saturated heterocycles. The van der Waals surface area contributed by atoms with Gasteiger partial charge in [0.25, 0.3) is 0 Å². The van der Waals surface area contributed by atoms with Crippen molar-refractivity contribution in [3.8, 4) is 0 Å². The Kier molecular flexibility index (Phi) is 6.17. The number of hydrogen-bond donors (Lipinski definition) is 1. The first kappa shape index (κ1) is 16.7. The topological polar surface area (TPSA) is 47.6 Å². The first-order valence-electron chi connectivity index (χ1n) is 6.92. The van der Waals surface area contributed by atoms with Gasteiger partial charge in [-0.3, -0.25) is 5.32 Å². The highest BCUT2D eigenvalue weighted by atomic mass is 16.5. The summed E-state index contributed by atoms with van der Waals surface area (Å²) >= 11 is 0. The molecule has 2 atom stereocenters. The lowest BCUT2D eigenvalue weighted by Crippen LogP contribution is -2.52. The SMILES string of the molecule is CNC(COC(C)C(C)C)(C(=O)OC)c1ccccc1. The number of likely N-dealkylation sites (N-methyl/N-ethyl adjacent to an activating group) is 1. The molecule has 0 saturated carbocycles. The molecule has 0 fully saturated rings. The fourth-order valence-electron chi connectivity index (χ4n) is 1.92. The molecule has 1 aromatic carbocycles. The molecule has 112 valence electrons. The molecule has 2 unspecified atom stereocenters. The third kappa shape index (κ3) is 3.58. The Morgan fingerprint density at radius 1 is 1.25 bits per heavy atom. The predicted octanol–water partition coefficient (Wildman–Crippen LogP) is 2.34. The molecular weight excluding hydrogens is 254 g/mol. The zero-order valence-electron chi connectivity index (χ0n) is 13.0. The Morgan fingerprint density at radius 3 is 2.30 bits per heavy atom. The van der Waals surface area contributed by atoms with Gasteiger partial charge in [-0.05, 0) is 25.5 Å². The van der Waals surface area contributed by atoms with Crippen molar-refractivity contribution in [2.75, 3.05) is 20.8 Å². The van der Waals surface area contributed by atoms with Crippen LogP contribution < -0.4 is 5.32 Å². The van der Waals surface area contributed by atoms with Gasteiger partial charge >= 0.3 is 5.97 Å². The van der Waals surface area contributed by atoms with Gasteiger partial charge in [-0.15, -0.1) is 0 Å². The molecular formula is C16H25NO3. The maximum Gasteiger partial charge on any atom is 0.333 e. The van der Waals surface area contributed by atoms with Crippen LogP contribution in [0.5, 0.6) is 0 Å². The average Bonchev–Trinajstić information content (AvgIpc) is 2.48. The average molecular weight is 279 g/mol. The molecule has 1 rings (SSSR count). The molecule has 0 spiro atoms. The van der Waals surface area contributed by atoms with Crippen LogP contribution in [-0.2, 0) is 19.8 Å². The number of hydrogen-bond acceptors (Lipinski definition) is 4. The van der Waals surface area contributed by atoms with Gasteiger partial charge in [0.15, 0.2) is 5.54 Å². The standard InChI is InChI=1S/C16H25NO3/c1-12(2)13(3)20-11-16(17-4,15(18)19-5)14-9-7-6-8-10-14/h6-10,12-13,17H,11H2,1-5H3. The van der Waals surface area contributed by atoms with E-state index >= 15 is 0 Å². The number of ether oxygens (including phenoxy) is 2. The summed E-state index contributed by atoms with van der Waals surface area (Å²) in [6, 6.07) is 9.51. The Balaban J connectivity index is 3.04. The second-order valence-electron chi connectivity index (χ2n) is 5.27. The van der Waals surface area contributed by atoms with Gasteiger partial charge in [-0.25, -0.2) is 4.79 Å². The minimum atomic E-state index is -0.973. The van der Waals surface area contributed by atoms with Crippen LogP contribution in [0.15, 0.2) is 30.3 Å². The smallest absolute Gasteiger partial charge is 0.333 e. The van der Waals surface area contributed by atoms with E-state index in [9.17, 15) is 4.79 Å². The van der Waals surface area contributed by atoms with Gasteiger partial charge in [0, 0.05) is 0 Å². The van der Waals surface area contributed by atoms with Crippen LogP contribution in [0.4, 0.5) is 0 Å². The van der Waals surface area contributed by atoms with Crippen LogP contribution in [0.2, 0.25) is 0 Å². The van der Waals surface area contributed by atoms with E-state index in [1.165, 1.54) is 7.11 Å². The van der Waals surface area contributed by atoms with E-state index in [0.717, 1.165) is 5.56 Å². The molecule has 4 heteroatoms. The van der Waals surface area contributed by atoms with Crippen LogP contribution in [0, 0.1) is 5.92 Å². The molecule has 0 aliphatic rings. The third-order valence-electron chi connectivity index (χ3n) is 3.73. The van der Waals surface area contributed by atoms with Crippen molar-refractivity contribution in [1.29, 1.82) is 0 Å². The van der Waals surface area contributed by atoms with Crippen molar-refractivity contribution in [3.05, 3.63) is 35.9 Å². The zero-order valence-corrected chi connectivity index (χ0v) is 13.0. The second-order valence-corrected chi connectivity index (χ2v) is 5.27. The molecule has 1 aromatic rings. The summed E-state index contributed by atoms with van der Waals surface area (Å²) in [4.78, 5) is 12.3. The maximum absolute atomic E-state index is 12.3. The molecule has 0 heterocycles. The summed E-state index contributed by atoms with van der Waals surface area (Å²) in [7, 11) is 3.14. The van der Waals surface area contributed by atoms with Gasteiger partial charge in [-0.2, -0.15) is 0 Å². The first-order chi connectivity index (χ1) is 9.47. The van der Waals surface area contributed by atoms with Gasteiger partial charge < -0.3 is 9.47 Å². The summed E-state index contributed by atoms with van der Waals surface area (Å²) < 4.78 is 10.8. The lowest BCUT2D eigenvalue weighted by Gasteiger charge is -2.32. The lowest BCUT2D eigenvalue weighted by molar-refractivity contribution is -0.153. The molecule has 1 N–H and O–H groups in total. The normalized spacial score (nSPS) is 15.7. The van der Waals surface area contributed by atoms with Crippen molar-refractivity contribution in [2.24, 2.45) is 5.92 Å². The van der Waals surface area contributed by atoms with E-state index in [2.05, 4.69) is 19.2 Å². The molecule has 0 radical (unpaired) electrons. The molecule has 0 amide bonds. The van der Waals surface area contributed by atoms with Crippen LogP contribution in [-0.4, -0.2) is 32.8 Å². The fraction of sp³-hybridized carbons (Fsp3) is 0.562. The largest absolute Gasteiger partial charge is 0.467 e. The van der Waals surface area contributed by atoms with E-state index in [1.54, 1.807) is 7.05 Å². The highest BCUT2D eigenvalue weighted by Crippen LogP contribution is 2.24. The highest BCUT2D eigenvalue weighted by Gasteiger charge is 2.41. The highest BCUT2D eigenvalue weighted by molar-refractivity contribution is 5.82. The van der Waals surface area contributed by atoms with Crippen molar-refractivity contribution in [3.63, 3.8) is 0 Å². The monoisotopic (exact) mass is 279 g/mol. The Labute approximate surface area is 121 Å². The number of benzene rings is 1. The molecule has 20 heavy (non-hydrogen) atoms. The van der Waals surface area contributed by atoms with E-state index in [0.29, 0.717) is 5.92 Å². The molecule has 0 aromatic heterocycles. The third-order valence-corrected chi connectivity index (χ3v) is 3.73. The Bertz CT molecular complexity index is 419. The lowest BCUT2D eigenvalue weighted by atomic mass is 9.90. The maximum atomic E-state index is 12.3. The number of nitrogens with one attached hydrogen (secondary N) is 1. The number of carbonyl (C=O) groups is 1. The summed E-state index contributed by atoms with van der Waals surface area (Å²) in [5, 5.41) is 3.08. The fourth-order valence-corrected chi connectivity index (χ4v) is 1.92. The van der Waals surface area contributed by atoms with Crippen LogP contribution in [0.1, 0.15) is 26.3 Å². The van der Waals surface area contributed by atoms with Crippen molar-refractivity contribution in [2.45, 2.75) is 32.4 Å². The van der Waals surface area contributed by atoms with E-state index in [4.69, 9.17) is 9.47 Å². The Morgan fingerprint density at radius 2 is 1.85 bits per heavy atom. The van der Waals surface area contributed by atoms with E-state index in [1.807, 2.05) is 37.3 Å². The Hall–Kier alpha value is -1.39. The van der Waals surface area contributed by atoms with Gasteiger partial charge in [-0.1, -0.05) is 44.2 Å². The summed E-state index contributed by atoms with van der Waals surface area (Å²) in [6.45, 7) is 6.42.